The molecule has 2 amide bonds. The van der Waals surface area contributed by atoms with Crippen molar-refractivity contribution in [1.29, 1.82) is 0 Å². The quantitative estimate of drug-likeness (QED) is 0.472. The number of carbonyl (C=O) groups is 2. The number of piperazine rings is 1. The molecule has 0 bridgehead atoms. The van der Waals surface area contributed by atoms with E-state index in [1.807, 2.05) is 79.5 Å². The fourth-order valence-corrected chi connectivity index (χ4v) is 4.62. The second kappa shape index (κ2) is 9.91. The molecule has 5 rings (SSSR count). The Balaban J connectivity index is 1.33. The SMILES string of the molecule is Cc1nn(C)c2nc(-c3ccccc3)cc(C(=O)NCc3ccc(C(=O)N4CCN(C)CC4)cc3)c12. The summed E-state index contributed by atoms with van der Waals surface area (Å²) in [7, 11) is 3.91. The third kappa shape index (κ3) is 4.72. The maximum absolute atomic E-state index is 13.3. The van der Waals surface area contributed by atoms with Crippen LogP contribution in [0.2, 0.25) is 0 Å². The highest BCUT2D eigenvalue weighted by Gasteiger charge is 2.21. The summed E-state index contributed by atoms with van der Waals surface area (Å²) >= 11 is 0. The molecule has 2 aromatic heterocycles. The minimum atomic E-state index is -0.187. The molecule has 3 heterocycles. The molecule has 1 aliphatic heterocycles. The van der Waals surface area contributed by atoms with Gasteiger partial charge in [-0.1, -0.05) is 42.5 Å². The topological polar surface area (TPSA) is 83.4 Å². The van der Waals surface area contributed by atoms with Crippen LogP contribution in [0, 0.1) is 6.92 Å². The Morgan fingerprint density at radius 1 is 0.944 bits per heavy atom. The summed E-state index contributed by atoms with van der Waals surface area (Å²) in [6, 6.07) is 19.1. The summed E-state index contributed by atoms with van der Waals surface area (Å²) in [5.74, 6) is -0.133. The Morgan fingerprint density at radius 3 is 2.33 bits per heavy atom. The number of pyridine rings is 1. The smallest absolute Gasteiger partial charge is 0.253 e. The number of likely N-dealkylation sites (N-methyl/N-ethyl adjacent to an activating group) is 1. The number of amides is 2. The van der Waals surface area contributed by atoms with E-state index in [2.05, 4.69) is 22.4 Å². The number of hydrogen-bond donors (Lipinski definition) is 1. The van der Waals surface area contributed by atoms with Crippen LogP contribution >= 0.6 is 0 Å². The summed E-state index contributed by atoms with van der Waals surface area (Å²) in [5, 5.41) is 8.28. The van der Waals surface area contributed by atoms with Gasteiger partial charge in [0, 0.05) is 50.9 Å². The molecule has 1 aliphatic rings. The summed E-state index contributed by atoms with van der Waals surface area (Å²) in [6.07, 6.45) is 0. The van der Waals surface area contributed by atoms with Crippen molar-refractivity contribution < 1.29 is 9.59 Å². The van der Waals surface area contributed by atoms with Crippen molar-refractivity contribution in [3.63, 3.8) is 0 Å². The van der Waals surface area contributed by atoms with Crippen molar-refractivity contribution >= 4 is 22.8 Å². The van der Waals surface area contributed by atoms with Gasteiger partial charge in [-0.2, -0.15) is 5.10 Å². The van der Waals surface area contributed by atoms with Gasteiger partial charge in [0.2, 0.25) is 0 Å². The Hall–Kier alpha value is -4.04. The molecule has 1 fully saturated rings. The van der Waals surface area contributed by atoms with Crippen molar-refractivity contribution in [3.05, 3.63) is 83.0 Å². The molecular formula is C28H30N6O2. The van der Waals surface area contributed by atoms with Crippen LogP contribution in [0.1, 0.15) is 32.0 Å². The van der Waals surface area contributed by atoms with E-state index in [-0.39, 0.29) is 11.8 Å². The zero-order chi connectivity index (χ0) is 25.2. The van der Waals surface area contributed by atoms with Crippen LogP contribution in [0.5, 0.6) is 0 Å². The molecule has 0 atom stereocenters. The van der Waals surface area contributed by atoms with Crippen LogP contribution in [0.15, 0.2) is 60.7 Å². The predicted molar refractivity (Wildman–Crippen MR) is 140 cm³/mol. The van der Waals surface area contributed by atoms with Crippen LogP contribution in [0.3, 0.4) is 0 Å². The maximum Gasteiger partial charge on any atom is 0.253 e. The molecule has 36 heavy (non-hydrogen) atoms. The van der Waals surface area contributed by atoms with E-state index in [0.717, 1.165) is 54.1 Å². The Labute approximate surface area is 210 Å². The van der Waals surface area contributed by atoms with Gasteiger partial charge in [-0.15, -0.1) is 0 Å². The molecule has 0 saturated carbocycles. The number of hydrogen-bond acceptors (Lipinski definition) is 5. The van der Waals surface area contributed by atoms with E-state index < -0.39 is 0 Å². The molecule has 8 heteroatoms. The Morgan fingerprint density at radius 2 is 1.64 bits per heavy atom. The van der Waals surface area contributed by atoms with Crippen molar-refractivity contribution in [2.24, 2.45) is 7.05 Å². The molecule has 0 radical (unpaired) electrons. The molecule has 1 N–H and O–H groups in total. The molecule has 8 nitrogen and oxygen atoms in total. The summed E-state index contributed by atoms with van der Waals surface area (Å²) in [4.78, 5) is 35.0. The minimum Gasteiger partial charge on any atom is -0.348 e. The fraction of sp³-hybridized carbons (Fsp3) is 0.286. The molecule has 4 aromatic rings. The van der Waals surface area contributed by atoms with Crippen LogP contribution in [-0.2, 0) is 13.6 Å². The van der Waals surface area contributed by atoms with Crippen LogP contribution in [0.25, 0.3) is 22.3 Å². The average molecular weight is 483 g/mol. The lowest BCUT2D eigenvalue weighted by molar-refractivity contribution is 0.0664. The van der Waals surface area contributed by atoms with Gasteiger partial charge < -0.3 is 15.1 Å². The molecule has 0 spiro atoms. The fourth-order valence-electron chi connectivity index (χ4n) is 4.62. The highest BCUT2D eigenvalue weighted by Crippen LogP contribution is 2.27. The zero-order valence-corrected chi connectivity index (χ0v) is 20.9. The number of benzene rings is 2. The molecule has 2 aromatic carbocycles. The van der Waals surface area contributed by atoms with Crippen LogP contribution < -0.4 is 5.32 Å². The van der Waals surface area contributed by atoms with Crippen LogP contribution in [-0.4, -0.2) is 69.6 Å². The summed E-state index contributed by atoms with van der Waals surface area (Å²) < 4.78 is 1.71. The van der Waals surface area contributed by atoms with Gasteiger partial charge in [0.15, 0.2) is 5.65 Å². The van der Waals surface area contributed by atoms with Crippen molar-refractivity contribution in [2.75, 3.05) is 33.2 Å². The predicted octanol–water partition coefficient (Wildman–Crippen LogP) is 3.26. The third-order valence-corrected chi connectivity index (χ3v) is 6.73. The van der Waals surface area contributed by atoms with E-state index >= 15 is 0 Å². The normalized spacial score (nSPS) is 14.2. The van der Waals surface area contributed by atoms with E-state index in [0.29, 0.717) is 23.3 Å². The van der Waals surface area contributed by atoms with Gasteiger partial charge in [-0.3, -0.25) is 14.3 Å². The van der Waals surface area contributed by atoms with Crippen LogP contribution in [0.4, 0.5) is 0 Å². The van der Waals surface area contributed by atoms with E-state index in [1.54, 1.807) is 4.68 Å². The maximum atomic E-state index is 13.3. The van der Waals surface area contributed by atoms with Gasteiger partial charge in [0.1, 0.15) is 0 Å². The zero-order valence-electron chi connectivity index (χ0n) is 20.9. The van der Waals surface area contributed by atoms with Gasteiger partial charge in [0.05, 0.1) is 22.3 Å². The first-order valence-electron chi connectivity index (χ1n) is 12.2. The van der Waals surface area contributed by atoms with Gasteiger partial charge in [-0.05, 0) is 37.7 Å². The van der Waals surface area contributed by atoms with E-state index in [1.165, 1.54) is 0 Å². The van der Waals surface area contributed by atoms with E-state index in [4.69, 9.17) is 4.98 Å². The standard InChI is InChI=1S/C28H30N6O2/c1-19-25-23(17-24(21-7-5-4-6-8-21)30-26(25)33(3)31-19)27(35)29-18-20-9-11-22(12-10-20)28(36)34-15-13-32(2)14-16-34/h4-12,17H,13-16,18H2,1-3H3,(H,29,35). The van der Waals surface area contributed by atoms with Crippen molar-refractivity contribution in [3.8, 4) is 11.3 Å². The second-order valence-corrected chi connectivity index (χ2v) is 9.30. The van der Waals surface area contributed by atoms with Gasteiger partial charge >= 0.3 is 0 Å². The highest BCUT2D eigenvalue weighted by atomic mass is 16.2. The van der Waals surface area contributed by atoms with Crippen molar-refractivity contribution in [1.82, 2.24) is 29.9 Å². The van der Waals surface area contributed by atoms with Crippen molar-refractivity contribution in [2.45, 2.75) is 13.5 Å². The number of carbonyl (C=O) groups excluding carboxylic acids is 2. The molecule has 1 saturated heterocycles. The van der Waals surface area contributed by atoms with Gasteiger partial charge in [0.25, 0.3) is 11.8 Å². The second-order valence-electron chi connectivity index (χ2n) is 9.30. The molecule has 0 aliphatic carbocycles. The Bertz CT molecular complexity index is 1400. The first-order chi connectivity index (χ1) is 17.4. The monoisotopic (exact) mass is 482 g/mol. The number of nitrogens with zero attached hydrogens (tertiary/aromatic N) is 5. The number of aromatic nitrogens is 3. The minimum absolute atomic E-state index is 0.0540. The molecular weight excluding hydrogens is 452 g/mol. The number of fused-ring (bicyclic) bond motifs is 1. The highest BCUT2D eigenvalue weighted by molar-refractivity contribution is 6.07. The lowest BCUT2D eigenvalue weighted by Crippen LogP contribution is -2.47. The first-order valence-corrected chi connectivity index (χ1v) is 12.2. The average Bonchev–Trinajstić information content (AvgIpc) is 3.20. The number of nitrogens with one attached hydrogen (secondary N) is 1. The molecule has 0 unspecified atom stereocenters. The Kier molecular flexibility index (Phi) is 6.52. The number of aryl methyl sites for hydroxylation is 2. The number of rotatable bonds is 5. The summed E-state index contributed by atoms with van der Waals surface area (Å²) in [6.45, 7) is 5.50. The van der Waals surface area contributed by atoms with E-state index in [9.17, 15) is 9.59 Å². The third-order valence-electron chi connectivity index (χ3n) is 6.73. The first kappa shape index (κ1) is 23.7. The van der Waals surface area contributed by atoms with Gasteiger partial charge in [-0.25, -0.2) is 4.98 Å². The largest absolute Gasteiger partial charge is 0.348 e. The lowest BCUT2D eigenvalue weighted by Gasteiger charge is -2.32. The summed E-state index contributed by atoms with van der Waals surface area (Å²) in [5.41, 5.74) is 5.24. The lowest BCUT2D eigenvalue weighted by atomic mass is 10.0. The molecule has 184 valence electrons.